The predicted molar refractivity (Wildman–Crippen MR) is 133 cm³/mol. The number of aliphatic hydroxyl groups excluding tert-OH is 3. The molecule has 0 spiro atoms. The van der Waals surface area contributed by atoms with Crippen LogP contribution in [0, 0.1) is 10.1 Å². The molecule has 1 fully saturated rings. The van der Waals surface area contributed by atoms with Crippen molar-refractivity contribution in [1.29, 1.82) is 0 Å². The number of hydrogen-bond donors (Lipinski definition) is 4. The quantitative estimate of drug-likeness (QED) is 0.164. The highest BCUT2D eigenvalue weighted by Crippen LogP contribution is 2.30. The number of nitro groups is 1. The fourth-order valence-corrected chi connectivity index (χ4v) is 4.38. The Morgan fingerprint density at radius 2 is 1.73 bits per heavy atom. The van der Waals surface area contributed by atoms with Crippen LogP contribution in [0.15, 0.2) is 40.1 Å². The largest absolute Gasteiger partial charge is 0.394 e. The van der Waals surface area contributed by atoms with Crippen molar-refractivity contribution in [3.05, 3.63) is 72.5 Å². The molecule has 3 rings (SSSR count). The third-order valence-electron chi connectivity index (χ3n) is 6.51. The van der Waals surface area contributed by atoms with Gasteiger partial charge in [-0.3, -0.25) is 24.5 Å². The number of rotatable bonds is 14. The number of nitrogens with zero attached hydrogens (tertiary/aromatic N) is 2. The Kier molecular flexibility index (Phi) is 10.5. The van der Waals surface area contributed by atoms with Crippen molar-refractivity contribution < 1.29 is 29.7 Å². The minimum Gasteiger partial charge on any atom is -0.394 e. The standard InChI is InChI=1S/C25H35N3O9/c1-2-3-4-5-6-7-8-13-36-22(16-9-11-17(12-10-16)28(34)35)18-14-27(25(33)26-23(18)32)24-21(31)20(30)19(15-29)37-24/h9-12,14,19-22,24,29-31H,2-8,13,15H2,1H3,(H,26,32,33)/t19-,20-,21-,22+,24-/m1/s1. The third-order valence-corrected chi connectivity index (χ3v) is 6.51. The van der Waals surface area contributed by atoms with Gasteiger partial charge in [-0.2, -0.15) is 0 Å². The van der Waals surface area contributed by atoms with E-state index in [4.69, 9.17) is 9.47 Å². The summed E-state index contributed by atoms with van der Waals surface area (Å²) in [5.41, 5.74) is -1.24. The molecule has 0 amide bonds. The molecule has 0 bridgehead atoms. The maximum atomic E-state index is 12.8. The summed E-state index contributed by atoms with van der Waals surface area (Å²) in [4.78, 5) is 38.2. The average Bonchev–Trinajstić information content (AvgIpc) is 3.17. The van der Waals surface area contributed by atoms with E-state index >= 15 is 0 Å². The number of unbranched alkanes of at least 4 members (excludes halogenated alkanes) is 6. The summed E-state index contributed by atoms with van der Waals surface area (Å²) in [5.74, 6) is 0. The van der Waals surface area contributed by atoms with Crippen LogP contribution in [0.4, 0.5) is 5.69 Å². The van der Waals surface area contributed by atoms with E-state index in [1.165, 1.54) is 49.7 Å². The average molecular weight is 522 g/mol. The number of aromatic nitrogens is 2. The molecular weight excluding hydrogens is 486 g/mol. The van der Waals surface area contributed by atoms with Gasteiger partial charge in [0.15, 0.2) is 6.23 Å². The van der Waals surface area contributed by atoms with Crippen LogP contribution in [-0.4, -0.2) is 61.3 Å². The zero-order valence-electron chi connectivity index (χ0n) is 20.8. The van der Waals surface area contributed by atoms with E-state index in [0.29, 0.717) is 12.2 Å². The van der Waals surface area contributed by atoms with Crippen LogP contribution in [0.25, 0.3) is 0 Å². The Balaban J connectivity index is 1.87. The fourth-order valence-electron chi connectivity index (χ4n) is 4.38. The summed E-state index contributed by atoms with van der Waals surface area (Å²) in [6.45, 7) is 1.89. The van der Waals surface area contributed by atoms with Crippen LogP contribution < -0.4 is 11.2 Å². The van der Waals surface area contributed by atoms with Gasteiger partial charge >= 0.3 is 5.69 Å². The number of aromatic amines is 1. The number of nitro benzene ring substituents is 1. The molecule has 1 saturated heterocycles. The van der Waals surface area contributed by atoms with Crippen molar-refractivity contribution >= 4 is 5.69 Å². The van der Waals surface area contributed by atoms with Gasteiger partial charge in [-0.1, -0.05) is 45.4 Å². The van der Waals surface area contributed by atoms with E-state index < -0.39 is 53.4 Å². The summed E-state index contributed by atoms with van der Waals surface area (Å²) >= 11 is 0. The first-order chi connectivity index (χ1) is 17.8. The smallest absolute Gasteiger partial charge is 0.330 e. The van der Waals surface area contributed by atoms with Crippen molar-refractivity contribution in [3.63, 3.8) is 0 Å². The Morgan fingerprint density at radius 1 is 1.08 bits per heavy atom. The molecule has 1 aromatic heterocycles. The molecule has 1 aromatic carbocycles. The number of non-ortho nitro benzene ring substituents is 1. The van der Waals surface area contributed by atoms with E-state index in [-0.39, 0.29) is 11.3 Å². The zero-order valence-corrected chi connectivity index (χ0v) is 20.8. The fraction of sp³-hybridized carbons (Fsp3) is 0.600. The van der Waals surface area contributed by atoms with Gasteiger partial charge in [0.25, 0.3) is 11.2 Å². The highest BCUT2D eigenvalue weighted by Gasteiger charge is 2.44. The number of H-pyrrole nitrogens is 1. The molecule has 4 N–H and O–H groups in total. The highest BCUT2D eigenvalue weighted by molar-refractivity contribution is 5.36. The van der Waals surface area contributed by atoms with E-state index in [2.05, 4.69) is 11.9 Å². The van der Waals surface area contributed by atoms with Gasteiger partial charge in [-0.15, -0.1) is 0 Å². The number of aliphatic hydroxyl groups is 3. The number of ether oxygens (including phenoxy) is 2. The summed E-state index contributed by atoms with van der Waals surface area (Å²) < 4.78 is 12.5. The van der Waals surface area contributed by atoms with Gasteiger partial charge < -0.3 is 24.8 Å². The number of benzene rings is 1. The van der Waals surface area contributed by atoms with E-state index in [9.17, 15) is 35.0 Å². The van der Waals surface area contributed by atoms with Crippen molar-refractivity contribution in [2.24, 2.45) is 0 Å². The molecule has 204 valence electrons. The molecule has 12 heteroatoms. The van der Waals surface area contributed by atoms with Gasteiger partial charge in [0, 0.05) is 24.9 Å². The van der Waals surface area contributed by atoms with E-state index in [1.54, 1.807) is 0 Å². The molecule has 12 nitrogen and oxygen atoms in total. The lowest BCUT2D eigenvalue weighted by Crippen LogP contribution is -2.39. The Bertz CT molecular complexity index is 1130. The second-order valence-electron chi connectivity index (χ2n) is 9.20. The predicted octanol–water partition coefficient (Wildman–Crippen LogP) is 1.91. The van der Waals surface area contributed by atoms with Gasteiger partial charge in [0.05, 0.1) is 17.1 Å². The second-order valence-corrected chi connectivity index (χ2v) is 9.20. The zero-order chi connectivity index (χ0) is 26.9. The van der Waals surface area contributed by atoms with Gasteiger partial charge in [0.2, 0.25) is 0 Å². The Morgan fingerprint density at radius 3 is 2.32 bits per heavy atom. The van der Waals surface area contributed by atoms with Gasteiger partial charge in [-0.05, 0) is 24.1 Å². The van der Waals surface area contributed by atoms with Crippen molar-refractivity contribution in [2.75, 3.05) is 13.2 Å². The van der Waals surface area contributed by atoms with Crippen molar-refractivity contribution in [2.45, 2.75) is 82.5 Å². The Hall–Kier alpha value is -2.90. The molecule has 2 aromatic rings. The normalized spacial score (nSPS) is 22.3. The lowest BCUT2D eigenvalue weighted by atomic mass is 10.0. The summed E-state index contributed by atoms with van der Waals surface area (Å²) in [6.07, 6.45) is 2.22. The molecule has 1 aliphatic rings. The van der Waals surface area contributed by atoms with Crippen molar-refractivity contribution in [3.8, 4) is 0 Å². The summed E-state index contributed by atoms with van der Waals surface area (Å²) in [5, 5.41) is 40.9. The monoisotopic (exact) mass is 521 g/mol. The van der Waals surface area contributed by atoms with Gasteiger partial charge in [0.1, 0.15) is 24.4 Å². The topological polar surface area (TPSA) is 177 Å². The maximum Gasteiger partial charge on any atom is 0.330 e. The molecule has 0 aliphatic carbocycles. The van der Waals surface area contributed by atoms with Crippen LogP contribution in [0.5, 0.6) is 0 Å². The third kappa shape index (κ3) is 7.11. The van der Waals surface area contributed by atoms with Gasteiger partial charge in [-0.25, -0.2) is 4.79 Å². The summed E-state index contributed by atoms with van der Waals surface area (Å²) in [6, 6.07) is 5.56. The molecule has 0 unspecified atom stereocenters. The molecule has 0 saturated carbocycles. The van der Waals surface area contributed by atoms with E-state index in [0.717, 1.165) is 30.3 Å². The summed E-state index contributed by atoms with van der Waals surface area (Å²) in [7, 11) is 0. The van der Waals surface area contributed by atoms with Crippen molar-refractivity contribution in [1.82, 2.24) is 9.55 Å². The number of nitrogens with one attached hydrogen (secondary N) is 1. The lowest BCUT2D eigenvalue weighted by Gasteiger charge is -2.22. The van der Waals surface area contributed by atoms with Crippen LogP contribution in [0.1, 0.15) is 75.3 Å². The first-order valence-electron chi connectivity index (χ1n) is 12.6. The molecule has 2 heterocycles. The molecule has 5 atom stereocenters. The minimum absolute atomic E-state index is 0.0223. The lowest BCUT2D eigenvalue weighted by molar-refractivity contribution is -0.384. The van der Waals surface area contributed by atoms with Crippen LogP contribution in [0.3, 0.4) is 0 Å². The first-order valence-corrected chi connectivity index (χ1v) is 12.6. The highest BCUT2D eigenvalue weighted by atomic mass is 16.6. The maximum absolute atomic E-state index is 12.8. The van der Waals surface area contributed by atoms with Crippen LogP contribution in [-0.2, 0) is 9.47 Å². The Labute approximate surface area is 213 Å². The molecule has 0 radical (unpaired) electrons. The number of hydrogen-bond acceptors (Lipinski definition) is 9. The minimum atomic E-state index is -1.53. The second kappa shape index (κ2) is 13.6. The van der Waals surface area contributed by atoms with Crippen LogP contribution >= 0.6 is 0 Å². The SMILES string of the molecule is CCCCCCCCCO[C@@H](c1ccc([N+](=O)[O-])cc1)c1cn([C@@H]2O[C@H](CO)[C@@H](O)[C@H]2O)c(=O)[nH]c1=O. The van der Waals surface area contributed by atoms with Crippen LogP contribution in [0.2, 0.25) is 0 Å². The first kappa shape index (κ1) is 28.7. The molecule has 37 heavy (non-hydrogen) atoms. The molecule has 1 aliphatic heterocycles. The van der Waals surface area contributed by atoms with E-state index in [1.807, 2.05) is 0 Å². The molecular formula is C25H35N3O9.